The van der Waals surface area contributed by atoms with Crippen molar-refractivity contribution < 1.29 is 13.7 Å². The number of nitrogens with zero attached hydrogens (tertiary/aromatic N) is 2. The van der Waals surface area contributed by atoms with Crippen LogP contribution < -0.4 is 0 Å². The van der Waals surface area contributed by atoms with Gasteiger partial charge in [-0.3, -0.25) is 8.77 Å². The molecule has 0 radical (unpaired) electrons. The number of fused-ring (bicyclic) bond motifs is 1. The van der Waals surface area contributed by atoms with Crippen molar-refractivity contribution in [3.8, 4) is 6.07 Å². The molecular formula is C22H22N2O3S. The maximum absolute atomic E-state index is 13.1. The zero-order valence-corrected chi connectivity index (χ0v) is 16.8. The summed E-state index contributed by atoms with van der Waals surface area (Å²) in [6, 6.07) is 15.3. The lowest BCUT2D eigenvalue weighted by molar-refractivity contribution is -0.143. The Morgan fingerprint density at radius 1 is 1.18 bits per heavy atom. The highest BCUT2D eigenvalue weighted by Crippen LogP contribution is 2.27. The molecule has 2 aromatic carbocycles. The summed E-state index contributed by atoms with van der Waals surface area (Å²) in [6.07, 6.45) is 3.45. The predicted octanol–water partition coefficient (Wildman–Crippen LogP) is 4.28. The minimum absolute atomic E-state index is 0.203. The van der Waals surface area contributed by atoms with Gasteiger partial charge in [0, 0.05) is 18.0 Å². The average molecular weight is 394 g/mol. The van der Waals surface area contributed by atoms with Crippen LogP contribution in [0.15, 0.2) is 53.6 Å². The van der Waals surface area contributed by atoms with Crippen LogP contribution in [0.25, 0.3) is 10.9 Å². The summed E-state index contributed by atoms with van der Waals surface area (Å²) in [7, 11) is -1.44. The normalized spacial score (nSPS) is 11.9. The zero-order valence-electron chi connectivity index (χ0n) is 16.0. The molecule has 0 aliphatic carbocycles. The fourth-order valence-corrected chi connectivity index (χ4v) is 4.29. The first-order valence-electron chi connectivity index (χ1n) is 9.22. The number of carbonyl (C=O) groups excluding carboxylic acids is 1. The van der Waals surface area contributed by atoms with Crippen molar-refractivity contribution in [1.82, 2.24) is 3.97 Å². The molecule has 0 fully saturated rings. The highest BCUT2D eigenvalue weighted by Gasteiger charge is 2.16. The summed E-state index contributed by atoms with van der Waals surface area (Å²) in [5.74, 6) is -0.203. The van der Waals surface area contributed by atoms with Crippen molar-refractivity contribution in [2.24, 2.45) is 0 Å². The lowest BCUT2D eigenvalue weighted by atomic mass is 10.0. The van der Waals surface area contributed by atoms with Crippen LogP contribution in [0.5, 0.6) is 0 Å². The fraction of sp³-hybridized carbons (Fsp3) is 0.273. The predicted molar refractivity (Wildman–Crippen MR) is 109 cm³/mol. The van der Waals surface area contributed by atoms with Crippen LogP contribution in [0.2, 0.25) is 0 Å². The Bertz CT molecular complexity index is 1060. The molecule has 28 heavy (non-hydrogen) atoms. The topological polar surface area (TPSA) is 72.1 Å². The number of carbonyl (C=O) groups is 1. The molecule has 1 heterocycles. The van der Waals surface area contributed by atoms with Crippen LogP contribution in [0.3, 0.4) is 0 Å². The Morgan fingerprint density at radius 2 is 1.93 bits per heavy atom. The van der Waals surface area contributed by atoms with Gasteiger partial charge in [-0.05, 0) is 56.5 Å². The van der Waals surface area contributed by atoms with Gasteiger partial charge in [0.15, 0.2) is 11.0 Å². The Labute approximate surface area is 167 Å². The molecule has 3 rings (SSSR count). The summed E-state index contributed by atoms with van der Waals surface area (Å²) >= 11 is 0. The lowest BCUT2D eigenvalue weighted by Crippen LogP contribution is -2.05. The van der Waals surface area contributed by atoms with E-state index in [-0.39, 0.29) is 5.97 Å². The van der Waals surface area contributed by atoms with E-state index in [0.29, 0.717) is 41.8 Å². The van der Waals surface area contributed by atoms with Crippen molar-refractivity contribution in [3.05, 3.63) is 65.4 Å². The first kappa shape index (κ1) is 19.8. The third kappa shape index (κ3) is 4.15. The average Bonchev–Trinajstić information content (AvgIpc) is 3.14. The number of aromatic nitrogens is 1. The van der Waals surface area contributed by atoms with Gasteiger partial charge in [-0.25, -0.2) is 4.21 Å². The van der Waals surface area contributed by atoms with Gasteiger partial charge in [0.1, 0.15) is 6.07 Å². The van der Waals surface area contributed by atoms with E-state index in [2.05, 4.69) is 6.07 Å². The van der Waals surface area contributed by atoms with E-state index in [1.807, 2.05) is 43.3 Å². The molecular weight excluding hydrogens is 372 g/mol. The number of hydrogen-bond donors (Lipinski definition) is 0. The number of esters is 1. The van der Waals surface area contributed by atoms with Gasteiger partial charge in [0.05, 0.1) is 22.6 Å². The largest absolute Gasteiger partial charge is 0.466 e. The van der Waals surface area contributed by atoms with Crippen LogP contribution in [0, 0.1) is 18.3 Å². The first-order chi connectivity index (χ1) is 13.5. The van der Waals surface area contributed by atoms with E-state index in [9.17, 15) is 14.3 Å². The van der Waals surface area contributed by atoms with E-state index in [4.69, 9.17) is 4.74 Å². The number of benzene rings is 2. The molecule has 0 bridgehead atoms. The summed E-state index contributed by atoms with van der Waals surface area (Å²) in [4.78, 5) is 12.2. The Morgan fingerprint density at radius 3 is 2.61 bits per heavy atom. The van der Waals surface area contributed by atoms with Crippen LogP contribution in [0.1, 0.15) is 36.5 Å². The van der Waals surface area contributed by atoms with E-state index in [0.717, 1.165) is 16.5 Å². The summed E-state index contributed by atoms with van der Waals surface area (Å²) in [5.41, 5.74) is 3.27. The summed E-state index contributed by atoms with van der Waals surface area (Å²) in [5, 5.41) is 10.4. The van der Waals surface area contributed by atoms with Gasteiger partial charge in [-0.15, -0.1) is 0 Å². The van der Waals surface area contributed by atoms with Gasteiger partial charge in [0.25, 0.3) is 0 Å². The van der Waals surface area contributed by atoms with Gasteiger partial charge < -0.3 is 4.74 Å². The van der Waals surface area contributed by atoms with E-state index in [1.54, 1.807) is 23.2 Å². The molecule has 6 heteroatoms. The molecule has 0 N–H and O–H groups in total. The second-order valence-corrected chi connectivity index (χ2v) is 7.87. The number of aryl methyl sites for hydroxylation is 2. The maximum Gasteiger partial charge on any atom is 0.305 e. The SMILES string of the molecule is CCOC(=O)CCCc1ccc(C#N)c2c1ccn2S(=O)c1ccc(C)cc1. The molecule has 0 spiro atoms. The zero-order chi connectivity index (χ0) is 20.1. The number of nitriles is 1. The van der Waals surface area contributed by atoms with Crippen molar-refractivity contribution in [1.29, 1.82) is 5.26 Å². The molecule has 144 valence electrons. The van der Waals surface area contributed by atoms with E-state index in [1.165, 1.54) is 0 Å². The Balaban J connectivity index is 1.93. The van der Waals surface area contributed by atoms with Crippen molar-refractivity contribution in [2.75, 3.05) is 6.61 Å². The van der Waals surface area contributed by atoms with Gasteiger partial charge >= 0.3 is 5.97 Å². The second kappa shape index (κ2) is 8.85. The minimum atomic E-state index is -1.44. The van der Waals surface area contributed by atoms with E-state index >= 15 is 0 Å². The molecule has 0 saturated carbocycles. The number of ether oxygens (including phenoxy) is 1. The van der Waals surface area contributed by atoms with E-state index < -0.39 is 11.0 Å². The quantitative estimate of drug-likeness (QED) is 0.561. The third-order valence-corrected chi connectivity index (χ3v) is 5.90. The molecule has 1 unspecified atom stereocenters. The Hall–Kier alpha value is -2.91. The third-order valence-electron chi connectivity index (χ3n) is 4.56. The molecule has 0 saturated heterocycles. The van der Waals surface area contributed by atoms with Gasteiger partial charge in [-0.2, -0.15) is 5.26 Å². The molecule has 1 atom stereocenters. The summed E-state index contributed by atoms with van der Waals surface area (Å²) in [6.45, 7) is 4.15. The number of hydrogen-bond acceptors (Lipinski definition) is 4. The van der Waals surface area contributed by atoms with Crippen LogP contribution in [0.4, 0.5) is 0 Å². The van der Waals surface area contributed by atoms with Gasteiger partial charge in [0.2, 0.25) is 0 Å². The van der Waals surface area contributed by atoms with Crippen molar-refractivity contribution >= 4 is 27.9 Å². The first-order valence-corrected chi connectivity index (χ1v) is 10.3. The highest BCUT2D eigenvalue weighted by molar-refractivity contribution is 7.83. The van der Waals surface area contributed by atoms with Crippen LogP contribution in [-0.2, 0) is 26.9 Å². The standard InChI is InChI=1S/C22H22N2O3S/c1-3-27-21(25)6-4-5-17-9-10-18(15-23)22-20(17)13-14-24(22)28(26)19-11-7-16(2)8-12-19/h7-14H,3-6H2,1-2H3. The minimum Gasteiger partial charge on any atom is -0.466 e. The van der Waals surface area contributed by atoms with Crippen LogP contribution in [-0.4, -0.2) is 20.8 Å². The Kier molecular flexibility index (Phi) is 6.27. The highest BCUT2D eigenvalue weighted by atomic mass is 32.2. The molecule has 0 aliphatic rings. The fourth-order valence-electron chi connectivity index (χ4n) is 3.16. The van der Waals surface area contributed by atoms with Crippen molar-refractivity contribution in [3.63, 3.8) is 0 Å². The smallest absolute Gasteiger partial charge is 0.305 e. The maximum atomic E-state index is 13.1. The monoisotopic (exact) mass is 394 g/mol. The van der Waals surface area contributed by atoms with Crippen LogP contribution >= 0.6 is 0 Å². The molecule has 3 aromatic rings. The van der Waals surface area contributed by atoms with Crippen molar-refractivity contribution in [2.45, 2.75) is 38.0 Å². The number of rotatable bonds is 7. The summed E-state index contributed by atoms with van der Waals surface area (Å²) < 4.78 is 19.7. The second-order valence-electron chi connectivity index (χ2n) is 6.51. The van der Waals surface area contributed by atoms with Gasteiger partial charge in [-0.1, -0.05) is 23.8 Å². The molecule has 0 amide bonds. The lowest BCUT2D eigenvalue weighted by Gasteiger charge is -2.09. The molecule has 5 nitrogen and oxygen atoms in total. The molecule has 0 aliphatic heterocycles. The molecule has 1 aromatic heterocycles.